The molecular weight excluding hydrogens is 132 g/mol. The summed E-state index contributed by atoms with van der Waals surface area (Å²) in [6.07, 6.45) is 9.05. The van der Waals surface area contributed by atoms with Crippen LogP contribution in [0.25, 0.3) is 0 Å². The molecule has 2 aliphatic rings. The Hall–Kier alpha value is -0.260. The van der Waals surface area contributed by atoms with Crippen molar-refractivity contribution < 1.29 is 0 Å². The Morgan fingerprint density at radius 1 is 1.18 bits per heavy atom. The molecule has 1 saturated carbocycles. The molecule has 62 valence electrons. The van der Waals surface area contributed by atoms with Gasteiger partial charge in [0.05, 0.1) is 0 Å². The van der Waals surface area contributed by atoms with Gasteiger partial charge in [0.15, 0.2) is 0 Å². The van der Waals surface area contributed by atoms with E-state index >= 15 is 0 Å². The van der Waals surface area contributed by atoms with E-state index in [2.05, 4.69) is 26.0 Å². The summed E-state index contributed by atoms with van der Waals surface area (Å²) in [5, 5.41) is 0. The van der Waals surface area contributed by atoms with Gasteiger partial charge in [0.2, 0.25) is 0 Å². The van der Waals surface area contributed by atoms with E-state index < -0.39 is 0 Å². The van der Waals surface area contributed by atoms with Gasteiger partial charge < -0.3 is 0 Å². The highest BCUT2D eigenvalue weighted by Crippen LogP contribution is 2.44. The fraction of sp³-hybridized carbons (Fsp3) is 0.818. The third kappa shape index (κ3) is 1.13. The Morgan fingerprint density at radius 3 is 2.27 bits per heavy atom. The second-order valence-electron chi connectivity index (χ2n) is 4.41. The number of hydrogen-bond donors (Lipinski definition) is 0. The monoisotopic (exact) mass is 150 g/mol. The van der Waals surface area contributed by atoms with E-state index in [1.165, 1.54) is 19.3 Å². The summed E-state index contributed by atoms with van der Waals surface area (Å²) in [5.74, 6) is 3.93. The first-order chi connectivity index (χ1) is 5.29. The number of allylic oxidation sites excluding steroid dienone is 2. The molecule has 0 heteroatoms. The smallest absolute Gasteiger partial charge is 0.0168 e. The van der Waals surface area contributed by atoms with Gasteiger partial charge in [-0.1, -0.05) is 32.4 Å². The fourth-order valence-corrected chi connectivity index (χ4v) is 2.62. The maximum atomic E-state index is 2.44. The van der Waals surface area contributed by atoms with Crippen molar-refractivity contribution in [2.75, 3.05) is 0 Å². The minimum Gasteiger partial charge on any atom is -0.0876 e. The maximum absolute atomic E-state index is 2.44. The van der Waals surface area contributed by atoms with Crippen LogP contribution in [0.1, 0.15) is 33.1 Å². The highest BCUT2D eigenvalue weighted by Gasteiger charge is 2.35. The van der Waals surface area contributed by atoms with Crippen molar-refractivity contribution in [1.29, 1.82) is 0 Å². The number of hydrogen-bond acceptors (Lipinski definition) is 0. The predicted molar refractivity (Wildman–Crippen MR) is 48.3 cm³/mol. The maximum Gasteiger partial charge on any atom is -0.0168 e. The van der Waals surface area contributed by atoms with Gasteiger partial charge in [0.1, 0.15) is 0 Å². The lowest BCUT2D eigenvalue weighted by atomic mass is 9.76. The summed E-state index contributed by atoms with van der Waals surface area (Å²) in [5.41, 5.74) is 0. The lowest BCUT2D eigenvalue weighted by molar-refractivity contribution is 0.277. The zero-order chi connectivity index (χ0) is 7.84. The molecule has 1 fully saturated rings. The molecule has 0 amide bonds. The second kappa shape index (κ2) is 2.66. The largest absolute Gasteiger partial charge is 0.0876 e. The molecule has 11 heavy (non-hydrogen) atoms. The average Bonchev–Trinajstić information content (AvgIpc) is 2.15. The summed E-state index contributed by atoms with van der Waals surface area (Å²) in [7, 11) is 0. The molecule has 0 aromatic heterocycles. The van der Waals surface area contributed by atoms with Gasteiger partial charge in [0, 0.05) is 0 Å². The summed E-state index contributed by atoms with van der Waals surface area (Å²) in [6.45, 7) is 4.85. The van der Waals surface area contributed by atoms with Crippen LogP contribution >= 0.6 is 0 Å². The normalized spacial score (nSPS) is 49.3. The standard InChI is InChI=1S/C11H18/c1-8-6-7-11(9(8)2)10-4-3-5-10/h3-4,8-11H,5-7H2,1-2H3. The first kappa shape index (κ1) is 7.39. The van der Waals surface area contributed by atoms with Crippen LogP contribution in [0.15, 0.2) is 12.2 Å². The van der Waals surface area contributed by atoms with Crippen LogP contribution in [-0.4, -0.2) is 0 Å². The van der Waals surface area contributed by atoms with Crippen LogP contribution in [0.5, 0.6) is 0 Å². The van der Waals surface area contributed by atoms with Gasteiger partial charge in [-0.2, -0.15) is 0 Å². The number of rotatable bonds is 1. The average molecular weight is 150 g/mol. The van der Waals surface area contributed by atoms with E-state index in [0.29, 0.717) is 0 Å². The van der Waals surface area contributed by atoms with Crippen LogP contribution in [0.3, 0.4) is 0 Å². The van der Waals surface area contributed by atoms with E-state index in [4.69, 9.17) is 0 Å². The van der Waals surface area contributed by atoms with Gasteiger partial charge in [0.25, 0.3) is 0 Å². The molecule has 0 aromatic rings. The lowest BCUT2D eigenvalue weighted by Gasteiger charge is -2.29. The molecule has 0 aromatic carbocycles. The summed E-state index contributed by atoms with van der Waals surface area (Å²) in [4.78, 5) is 0. The molecule has 0 radical (unpaired) electrons. The minimum atomic E-state index is 0.954. The molecular formula is C11H18. The molecule has 0 bridgehead atoms. The topological polar surface area (TPSA) is 0 Å². The van der Waals surface area contributed by atoms with E-state index in [9.17, 15) is 0 Å². The molecule has 4 unspecified atom stereocenters. The van der Waals surface area contributed by atoms with E-state index in [1.807, 2.05) is 0 Å². The lowest BCUT2D eigenvalue weighted by Crippen LogP contribution is -2.20. The highest BCUT2D eigenvalue weighted by atomic mass is 14.4. The molecule has 0 saturated heterocycles. The van der Waals surface area contributed by atoms with Crippen molar-refractivity contribution in [2.45, 2.75) is 33.1 Å². The first-order valence-corrected chi connectivity index (χ1v) is 4.95. The van der Waals surface area contributed by atoms with Gasteiger partial charge >= 0.3 is 0 Å². The van der Waals surface area contributed by atoms with E-state index in [-0.39, 0.29) is 0 Å². The molecule has 2 rings (SSSR count). The SMILES string of the molecule is CC1CCC(C2C=CC2)C1C. The quantitative estimate of drug-likeness (QED) is 0.503. The third-order valence-electron chi connectivity index (χ3n) is 3.87. The zero-order valence-electron chi connectivity index (χ0n) is 7.59. The Morgan fingerprint density at radius 2 is 1.91 bits per heavy atom. The van der Waals surface area contributed by atoms with Gasteiger partial charge in [-0.25, -0.2) is 0 Å². The molecule has 0 spiro atoms. The second-order valence-corrected chi connectivity index (χ2v) is 4.41. The Kier molecular flexibility index (Phi) is 1.78. The summed E-state index contributed by atoms with van der Waals surface area (Å²) in [6, 6.07) is 0. The summed E-state index contributed by atoms with van der Waals surface area (Å²) < 4.78 is 0. The fourth-order valence-electron chi connectivity index (χ4n) is 2.62. The van der Waals surface area contributed by atoms with Crippen molar-refractivity contribution in [3.8, 4) is 0 Å². The van der Waals surface area contributed by atoms with Crippen LogP contribution < -0.4 is 0 Å². The Balaban J connectivity index is 1.99. The van der Waals surface area contributed by atoms with Crippen molar-refractivity contribution in [1.82, 2.24) is 0 Å². The van der Waals surface area contributed by atoms with E-state index in [1.54, 1.807) is 0 Å². The van der Waals surface area contributed by atoms with Crippen molar-refractivity contribution in [2.24, 2.45) is 23.7 Å². The predicted octanol–water partition coefficient (Wildman–Crippen LogP) is 3.24. The molecule has 0 N–H and O–H groups in total. The molecule has 0 heterocycles. The van der Waals surface area contributed by atoms with E-state index in [0.717, 1.165) is 23.7 Å². The van der Waals surface area contributed by atoms with Gasteiger partial charge in [-0.3, -0.25) is 0 Å². The van der Waals surface area contributed by atoms with Crippen molar-refractivity contribution >= 4 is 0 Å². The molecule has 0 aliphatic heterocycles. The Bertz CT molecular complexity index is 169. The molecule has 2 aliphatic carbocycles. The first-order valence-electron chi connectivity index (χ1n) is 4.95. The van der Waals surface area contributed by atoms with Gasteiger partial charge in [-0.15, -0.1) is 0 Å². The zero-order valence-corrected chi connectivity index (χ0v) is 7.59. The molecule has 0 nitrogen and oxygen atoms in total. The van der Waals surface area contributed by atoms with Crippen LogP contribution in [0, 0.1) is 23.7 Å². The van der Waals surface area contributed by atoms with Crippen molar-refractivity contribution in [3.05, 3.63) is 12.2 Å². The Labute approximate surface area is 69.7 Å². The van der Waals surface area contributed by atoms with Crippen LogP contribution in [0.2, 0.25) is 0 Å². The third-order valence-corrected chi connectivity index (χ3v) is 3.87. The van der Waals surface area contributed by atoms with Crippen molar-refractivity contribution in [3.63, 3.8) is 0 Å². The summed E-state index contributed by atoms with van der Waals surface area (Å²) >= 11 is 0. The highest BCUT2D eigenvalue weighted by molar-refractivity contribution is 5.06. The minimum absolute atomic E-state index is 0.954. The van der Waals surface area contributed by atoms with Gasteiger partial charge in [-0.05, 0) is 36.5 Å². The molecule has 4 atom stereocenters. The van der Waals surface area contributed by atoms with Crippen LogP contribution in [-0.2, 0) is 0 Å². The van der Waals surface area contributed by atoms with Crippen LogP contribution in [0.4, 0.5) is 0 Å².